The van der Waals surface area contributed by atoms with E-state index in [0.29, 0.717) is 39.4 Å². The van der Waals surface area contributed by atoms with Crippen LogP contribution in [-0.2, 0) is 4.79 Å². The molecule has 3 aromatic rings. The monoisotopic (exact) mass is 426 g/mol. The number of aromatic nitrogens is 4. The van der Waals surface area contributed by atoms with Crippen LogP contribution in [0, 0.1) is 0 Å². The molecule has 0 unspecified atom stereocenters. The van der Waals surface area contributed by atoms with E-state index >= 15 is 0 Å². The summed E-state index contributed by atoms with van der Waals surface area (Å²) in [5, 5.41) is 18.4. The summed E-state index contributed by atoms with van der Waals surface area (Å²) in [6, 6.07) is 11.8. The van der Waals surface area contributed by atoms with Gasteiger partial charge < -0.3 is 20.1 Å². The van der Waals surface area contributed by atoms with Crippen molar-refractivity contribution in [1.29, 1.82) is 0 Å². The van der Waals surface area contributed by atoms with Gasteiger partial charge in [0, 0.05) is 16.4 Å². The van der Waals surface area contributed by atoms with Gasteiger partial charge in [-0.25, -0.2) is 0 Å². The number of nitrogens with one attached hydrogen (secondary N) is 2. The number of ether oxygens (including phenoxy) is 2. The summed E-state index contributed by atoms with van der Waals surface area (Å²) in [6.07, 6.45) is 0. The Hall–Kier alpha value is -3.59. The maximum absolute atomic E-state index is 13.3. The van der Waals surface area contributed by atoms with E-state index in [9.17, 15) is 4.79 Å². The molecular formula is C20H19ClN6O3. The topological polar surface area (TPSA) is 103 Å². The van der Waals surface area contributed by atoms with Crippen molar-refractivity contribution in [3.8, 4) is 11.5 Å². The Bertz CT molecular complexity index is 1130. The molecule has 0 saturated heterocycles. The van der Waals surface area contributed by atoms with Crippen LogP contribution in [-0.4, -0.2) is 40.3 Å². The third-order valence-corrected chi connectivity index (χ3v) is 5.04. The highest BCUT2D eigenvalue weighted by Gasteiger charge is 2.34. The van der Waals surface area contributed by atoms with Gasteiger partial charge in [-0.05, 0) is 59.3 Å². The van der Waals surface area contributed by atoms with Crippen molar-refractivity contribution in [2.24, 2.45) is 0 Å². The highest BCUT2D eigenvalue weighted by molar-refractivity contribution is 6.30. The van der Waals surface area contributed by atoms with E-state index in [4.69, 9.17) is 21.1 Å². The summed E-state index contributed by atoms with van der Waals surface area (Å²) in [4.78, 5) is 13.3. The third kappa shape index (κ3) is 3.55. The molecule has 0 radical (unpaired) electrons. The van der Waals surface area contributed by atoms with E-state index in [2.05, 4.69) is 26.2 Å². The first kappa shape index (κ1) is 19.7. The van der Waals surface area contributed by atoms with Crippen LogP contribution in [0.4, 0.5) is 11.6 Å². The number of amides is 1. The van der Waals surface area contributed by atoms with Crippen LogP contribution in [0.1, 0.15) is 18.5 Å². The predicted molar refractivity (Wildman–Crippen MR) is 112 cm³/mol. The molecule has 0 aliphatic carbocycles. The van der Waals surface area contributed by atoms with Gasteiger partial charge in [-0.1, -0.05) is 22.8 Å². The Morgan fingerprint density at radius 1 is 1.13 bits per heavy atom. The van der Waals surface area contributed by atoms with Crippen molar-refractivity contribution in [3.05, 3.63) is 64.3 Å². The fourth-order valence-corrected chi connectivity index (χ4v) is 3.50. The molecule has 0 fully saturated rings. The number of tetrazole rings is 1. The number of allylic oxidation sites excluding steroid dienone is 1. The molecular weight excluding hydrogens is 408 g/mol. The Morgan fingerprint density at radius 2 is 1.87 bits per heavy atom. The molecule has 1 aromatic heterocycles. The maximum atomic E-state index is 13.3. The lowest BCUT2D eigenvalue weighted by atomic mass is 9.94. The fraction of sp³-hybridized carbons (Fsp3) is 0.200. The van der Waals surface area contributed by atoms with Gasteiger partial charge in [0.05, 0.1) is 19.8 Å². The summed E-state index contributed by atoms with van der Waals surface area (Å²) in [6.45, 7) is 1.81. The van der Waals surface area contributed by atoms with Crippen LogP contribution in [0.2, 0.25) is 5.02 Å². The first-order valence-corrected chi connectivity index (χ1v) is 9.44. The number of rotatable bonds is 5. The zero-order valence-electron chi connectivity index (χ0n) is 16.5. The molecule has 154 valence electrons. The van der Waals surface area contributed by atoms with Crippen LogP contribution >= 0.6 is 11.6 Å². The van der Waals surface area contributed by atoms with E-state index in [1.54, 1.807) is 49.2 Å². The number of nitrogens with zero attached hydrogens (tertiary/aromatic N) is 4. The van der Waals surface area contributed by atoms with Crippen molar-refractivity contribution >= 4 is 29.1 Å². The Labute approximate surface area is 177 Å². The molecule has 9 nitrogen and oxygen atoms in total. The zero-order chi connectivity index (χ0) is 21.3. The standard InChI is InChI=1S/C20H19ClN6O3/c1-11-17(19(28)23-14-7-5-13(21)6-8-14)18(27-20(22-11)24-25-26-27)12-4-9-15(29-2)16(10-12)30-3/h4-10,18H,1-3H3,(H,23,28)(H,22,24,26)/t18-/m1/s1. The maximum Gasteiger partial charge on any atom is 0.255 e. The van der Waals surface area contributed by atoms with Crippen LogP contribution in [0.15, 0.2) is 53.7 Å². The number of methoxy groups -OCH3 is 2. The van der Waals surface area contributed by atoms with Crippen LogP contribution < -0.4 is 20.1 Å². The largest absolute Gasteiger partial charge is 0.493 e. The number of benzene rings is 2. The smallest absolute Gasteiger partial charge is 0.255 e. The molecule has 1 amide bonds. The van der Waals surface area contributed by atoms with E-state index in [1.807, 2.05) is 19.1 Å². The van der Waals surface area contributed by atoms with Gasteiger partial charge >= 0.3 is 0 Å². The number of fused-ring (bicyclic) bond motifs is 1. The van der Waals surface area contributed by atoms with Gasteiger partial charge in [-0.2, -0.15) is 4.68 Å². The van der Waals surface area contributed by atoms with Gasteiger partial charge in [0.15, 0.2) is 11.5 Å². The summed E-state index contributed by atoms with van der Waals surface area (Å²) in [7, 11) is 3.12. The van der Waals surface area contributed by atoms with Crippen molar-refractivity contribution < 1.29 is 14.3 Å². The van der Waals surface area contributed by atoms with E-state index in [0.717, 1.165) is 5.56 Å². The Balaban J connectivity index is 1.77. The first-order valence-electron chi connectivity index (χ1n) is 9.06. The number of hydrogen-bond donors (Lipinski definition) is 2. The van der Waals surface area contributed by atoms with Crippen molar-refractivity contribution in [3.63, 3.8) is 0 Å². The fourth-order valence-electron chi connectivity index (χ4n) is 3.37. The molecule has 2 aromatic carbocycles. The summed E-state index contributed by atoms with van der Waals surface area (Å²) in [5.41, 5.74) is 2.50. The van der Waals surface area contributed by atoms with Crippen LogP contribution in [0.5, 0.6) is 11.5 Å². The zero-order valence-corrected chi connectivity index (χ0v) is 17.3. The van der Waals surface area contributed by atoms with Gasteiger partial charge in [-0.15, -0.1) is 0 Å². The second-order valence-corrected chi connectivity index (χ2v) is 7.03. The number of carbonyl (C=O) groups excluding carboxylic acids is 1. The number of carbonyl (C=O) groups is 1. The van der Waals surface area contributed by atoms with Gasteiger partial charge in [0.25, 0.3) is 5.91 Å². The van der Waals surface area contributed by atoms with Crippen molar-refractivity contribution in [2.45, 2.75) is 13.0 Å². The molecule has 2 N–H and O–H groups in total. The normalized spacial score (nSPS) is 15.3. The lowest BCUT2D eigenvalue weighted by Gasteiger charge is -2.28. The average Bonchev–Trinajstić information content (AvgIpc) is 3.21. The first-order chi connectivity index (χ1) is 14.5. The molecule has 0 saturated carbocycles. The molecule has 1 aliphatic heterocycles. The number of anilines is 2. The minimum absolute atomic E-state index is 0.289. The number of hydrogen-bond acceptors (Lipinski definition) is 7. The molecule has 0 bridgehead atoms. The Morgan fingerprint density at radius 3 is 2.57 bits per heavy atom. The second kappa shape index (κ2) is 8.03. The molecule has 1 atom stereocenters. The molecule has 4 rings (SSSR count). The lowest BCUT2D eigenvalue weighted by molar-refractivity contribution is -0.113. The minimum Gasteiger partial charge on any atom is -0.493 e. The summed E-state index contributed by atoms with van der Waals surface area (Å²) < 4.78 is 12.3. The van der Waals surface area contributed by atoms with Crippen LogP contribution in [0.25, 0.3) is 0 Å². The van der Waals surface area contributed by atoms with Gasteiger partial charge in [-0.3, -0.25) is 4.79 Å². The summed E-state index contributed by atoms with van der Waals surface area (Å²) >= 11 is 5.94. The van der Waals surface area contributed by atoms with E-state index in [1.165, 1.54) is 0 Å². The second-order valence-electron chi connectivity index (χ2n) is 6.59. The number of halogens is 1. The van der Waals surface area contributed by atoms with E-state index < -0.39 is 6.04 Å². The highest BCUT2D eigenvalue weighted by Crippen LogP contribution is 2.38. The minimum atomic E-state index is -0.566. The highest BCUT2D eigenvalue weighted by atomic mass is 35.5. The molecule has 2 heterocycles. The summed E-state index contributed by atoms with van der Waals surface area (Å²) in [5.74, 6) is 1.27. The molecule has 30 heavy (non-hydrogen) atoms. The van der Waals surface area contributed by atoms with Gasteiger partial charge in [0.2, 0.25) is 5.95 Å². The van der Waals surface area contributed by atoms with Crippen molar-refractivity contribution in [2.75, 3.05) is 24.9 Å². The quantitative estimate of drug-likeness (QED) is 0.645. The SMILES string of the molecule is COc1ccc([C@@H]2C(C(=O)Nc3ccc(Cl)cc3)=C(C)Nc3nnnn32)cc1OC. The van der Waals surface area contributed by atoms with Gasteiger partial charge in [0.1, 0.15) is 6.04 Å². The third-order valence-electron chi connectivity index (χ3n) is 4.78. The van der Waals surface area contributed by atoms with E-state index in [-0.39, 0.29) is 5.91 Å². The average molecular weight is 427 g/mol. The molecule has 0 spiro atoms. The lowest BCUT2D eigenvalue weighted by Crippen LogP contribution is -2.31. The Kier molecular flexibility index (Phi) is 5.28. The molecule has 1 aliphatic rings. The molecule has 10 heteroatoms. The van der Waals surface area contributed by atoms with Crippen LogP contribution in [0.3, 0.4) is 0 Å². The predicted octanol–water partition coefficient (Wildman–Crippen LogP) is 3.27. The van der Waals surface area contributed by atoms with Crippen molar-refractivity contribution in [1.82, 2.24) is 20.2 Å².